The van der Waals surface area contributed by atoms with Gasteiger partial charge in [0.25, 0.3) is 5.82 Å². The molecule has 0 aromatic carbocycles. The fraction of sp³-hybridized carbons (Fsp3) is 0.333. The summed E-state index contributed by atoms with van der Waals surface area (Å²) in [5, 5.41) is 8.25. The Balaban J connectivity index is 0.000000236. The van der Waals surface area contributed by atoms with Crippen LogP contribution in [0.5, 0.6) is 0 Å². The van der Waals surface area contributed by atoms with Crippen molar-refractivity contribution in [3.63, 3.8) is 0 Å². The molecule has 4 nitrogen and oxygen atoms in total. The molecule has 0 radical (unpaired) electrons. The maximum atomic E-state index is 8.25. The minimum Gasteiger partial charge on any atom is -0.554 e. The van der Waals surface area contributed by atoms with Crippen molar-refractivity contribution in [2.45, 2.75) is 6.92 Å². The number of H-pyrrole nitrogens is 1. The van der Waals surface area contributed by atoms with Crippen LogP contribution in [0, 0.1) is 6.92 Å². The second-order valence-corrected chi connectivity index (χ2v) is 1.75. The zero-order chi connectivity index (χ0) is 7.98. The van der Waals surface area contributed by atoms with Gasteiger partial charge in [-0.05, 0) is 0 Å². The lowest BCUT2D eigenvalue weighted by molar-refractivity contribution is -0.676. The lowest BCUT2D eigenvalue weighted by Crippen LogP contribution is -2.27. The van der Waals surface area contributed by atoms with Crippen molar-refractivity contribution in [2.24, 2.45) is 7.05 Å². The monoisotopic (exact) mass is 142 g/mol. The van der Waals surface area contributed by atoms with Gasteiger partial charge in [-0.2, -0.15) is 0 Å². The standard InChI is InChI=1S/C5H8N2.CH2O2/c1-5-6-3-4-7(5)2;2-1-3/h3-4H,1-2H3;1H,(H,2,3). The third kappa shape index (κ3) is 2.86. The van der Waals surface area contributed by atoms with Crippen LogP contribution < -0.4 is 9.67 Å². The Morgan fingerprint density at radius 2 is 2.30 bits per heavy atom. The van der Waals surface area contributed by atoms with Gasteiger partial charge in [0.15, 0.2) is 0 Å². The number of aromatic amines is 1. The van der Waals surface area contributed by atoms with Crippen LogP contribution in [-0.2, 0) is 11.8 Å². The molecular formula is C6H10N2O2. The van der Waals surface area contributed by atoms with E-state index in [4.69, 9.17) is 9.90 Å². The fourth-order valence-electron chi connectivity index (χ4n) is 0.483. The summed E-state index contributed by atoms with van der Waals surface area (Å²) in [6.45, 7) is 1.53. The quantitative estimate of drug-likeness (QED) is 0.354. The van der Waals surface area contributed by atoms with E-state index in [9.17, 15) is 0 Å². The molecule has 1 rings (SSSR count). The summed E-state index contributed by atoms with van der Waals surface area (Å²) in [6.07, 6.45) is 3.89. The Bertz CT molecular complexity index is 179. The summed E-state index contributed by atoms with van der Waals surface area (Å²) in [6, 6.07) is 0. The summed E-state index contributed by atoms with van der Waals surface area (Å²) < 4.78 is 2.03. The van der Waals surface area contributed by atoms with Crippen molar-refractivity contribution < 1.29 is 14.5 Å². The number of hydrogen-bond acceptors (Lipinski definition) is 2. The highest BCUT2D eigenvalue weighted by Gasteiger charge is 1.93. The number of hydrogen-bond donors (Lipinski definition) is 1. The zero-order valence-corrected chi connectivity index (χ0v) is 6.00. The molecule has 0 saturated heterocycles. The van der Waals surface area contributed by atoms with Crippen LogP contribution >= 0.6 is 0 Å². The summed E-state index contributed by atoms with van der Waals surface area (Å²) in [4.78, 5) is 11.3. The molecule has 0 spiro atoms. The SMILES string of the molecule is Cc1[nH]cc[n+]1C.O=C[O-]. The van der Waals surface area contributed by atoms with E-state index in [1.807, 2.05) is 30.9 Å². The van der Waals surface area contributed by atoms with Crippen LogP contribution in [0.25, 0.3) is 0 Å². The number of aryl methyl sites for hydroxylation is 2. The predicted molar refractivity (Wildman–Crippen MR) is 32.8 cm³/mol. The van der Waals surface area contributed by atoms with Gasteiger partial charge >= 0.3 is 0 Å². The Morgan fingerprint density at radius 3 is 2.40 bits per heavy atom. The van der Waals surface area contributed by atoms with Crippen molar-refractivity contribution in [3.8, 4) is 0 Å². The highest BCUT2D eigenvalue weighted by Crippen LogP contribution is 1.75. The lowest BCUT2D eigenvalue weighted by atomic mass is 10.7. The fourth-order valence-corrected chi connectivity index (χ4v) is 0.483. The van der Waals surface area contributed by atoms with Gasteiger partial charge in [0.05, 0.1) is 7.05 Å². The number of nitrogens with zero attached hydrogens (tertiary/aromatic N) is 1. The molecule has 0 saturated carbocycles. The van der Waals surface area contributed by atoms with E-state index in [-0.39, 0.29) is 0 Å². The molecule has 0 unspecified atom stereocenters. The van der Waals surface area contributed by atoms with Crippen molar-refractivity contribution in [2.75, 3.05) is 0 Å². The van der Waals surface area contributed by atoms with Crippen LogP contribution in [-0.4, -0.2) is 11.5 Å². The van der Waals surface area contributed by atoms with E-state index < -0.39 is 6.47 Å². The van der Waals surface area contributed by atoms with E-state index >= 15 is 0 Å². The number of carboxylic acid groups (broad SMARTS) is 1. The highest BCUT2D eigenvalue weighted by molar-refractivity contribution is 5.29. The molecule has 56 valence electrons. The number of aromatic nitrogens is 2. The topological polar surface area (TPSA) is 59.8 Å². The zero-order valence-electron chi connectivity index (χ0n) is 6.00. The normalized spacial score (nSPS) is 7.80. The number of rotatable bonds is 0. The second-order valence-electron chi connectivity index (χ2n) is 1.75. The average molecular weight is 142 g/mol. The lowest BCUT2D eigenvalue weighted by Gasteiger charge is -1.77. The van der Waals surface area contributed by atoms with E-state index in [0.717, 1.165) is 0 Å². The van der Waals surface area contributed by atoms with Gasteiger partial charge < -0.3 is 9.90 Å². The number of nitrogens with one attached hydrogen (secondary N) is 1. The van der Waals surface area contributed by atoms with Gasteiger partial charge in [0.1, 0.15) is 12.4 Å². The molecule has 0 amide bonds. The maximum Gasteiger partial charge on any atom is 0.250 e. The minimum atomic E-state index is -0.500. The molecule has 1 aromatic heterocycles. The third-order valence-electron chi connectivity index (χ3n) is 1.12. The molecule has 0 aliphatic heterocycles. The minimum absolute atomic E-state index is 0.500. The van der Waals surface area contributed by atoms with E-state index in [0.29, 0.717) is 0 Å². The van der Waals surface area contributed by atoms with Crippen LogP contribution in [0.4, 0.5) is 0 Å². The van der Waals surface area contributed by atoms with Crippen LogP contribution in [0.2, 0.25) is 0 Å². The Morgan fingerprint density at radius 1 is 1.80 bits per heavy atom. The second kappa shape index (κ2) is 4.55. The average Bonchev–Trinajstić information content (AvgIpc) is 2.19. The molecule has 1 N–H and O–H groups in total. The van der Waals surface area contributed by atoms with Crippen LogP contribution in [0.1, 0.15) is 5.82 Å². The van der Waals surface area contributed by atoms with Crippen molar-refractivity contribution in [3.05, 3.63) is 18.2 Å². The first-order chi connectivity index (χ1) is 4.72. The first-order valence-electron chi connectivity index (χ1n) is 2.77. The van der Waals surface area contributed by atoms with Crippen LogP contribution in [0.15, 0.2) is 12.4 Å². The Labute approximate surface area is 59.1 Å². The van der Waals surface area contributed by atoms with Crippen molar-refractivity contribution >= 4 is 6.47 Å². The summed E-state index contributed by atoms with van der Waals surface area (Å²) in [5.74, 6) is 1.18. The first-order valence-corrected chi connectivity index (χ1v) is 2.77. The molecule has 10 heavy (non-hydrogen) atoms. The summed E-state index contributed by atoms with van der Waals surface area (Å²) in [5.41, 5.74) is 0. The van der Waals surface area contributed by atoms with Gasteiger partial charge in [-0.1, -0.05) is 0 Å². The smallest absolute Gasteiger partial charge is 0.250 e. The van der Waals surface area contributed by atoms with Crippen molar-refractivity contribution in [1.82, 2.24) is 4.98 Å². The summed E-state index contributed by atoms with van der Waals surface area (Å²) in [7, 11) is 2.01. The van der Waals surface area contributed by atoms with E-state index in [1.165, 1.54) is 5.82 Å². The molecule has 0 fully saturated rings. The maximum absolute atomic E-state index is 8.25. The third-order valence-corrected chi connectivity index (χ3v) is 1.12. The molecule has 0 atom stereocenters. The van der Waals surface area contributed by atoms with Gasteiger partial charge in [-0.15, -0.1) is 0 Å². The molecule has 0 aliphatic carbocycles. The summed E-state index contributed by atoms with van der Waals surface area (Å²) >= 11 is 0. The molecule has 4 heteroatoms. The number of imidazole rings is 1. The van der Waals surface area contributed by atoms with Gasteiger partial charge in [0.2, 0.25) is 0 Å². The van der Waals surface area contributed by atoms with Crippen molar-refractivity contribution in [1.29, 1.82) is 0 Å². The van der Waals surface area contributed by atoms with Gasteiger partial charge in [-0.25, -0.2) is 9.55 Å². The van der Waals surface area contributed by atoms with E-state index in [2.05, 4.69) is 4.98 Å². The predicted octanol–water partition coefficient (Wildman–Crippen LogP) is -1.49. The molecule has 1 heterocycles. The Kier molecular flexibility index (Phi) is 3.95. The molecule has 0 bridgehead atoms. The molecule has 1 aromatic rings. The first kappa shape index (κ1) is 8.68. The van der Waals surface area contributed by atoms with Gasteiger partial charge in [-0.3, -0.25) is 0 Å². The number of carbonyl (C=O) groups excluding carboxylic acids is 1. The Hall–Kier alpha value is -1.32. The van der Waals surface area contributed by atoms with Gasteiger partial charge in [0, 0.05) is 13.4 Å². The highest BCUT2D eigenvalue weighted by atomic mass is 16.3. The van der Waals surface area contributed by atoms with Crippen LogP contribution in [0.3, 0.4) is 0 Å². The largest absolute Gasteiger partial charge is 0.554 e. The molecule has 0 aliphatic rings. The number of carbonyl (C=O) groups is 1. The van der Waals surface area contributed by atoms with E-state index in [1.54, 1.807) is 0 Å². The molecular weight excluding hydrogens is 132 g/mol.